The van der Waals surface area contributed by atoms with E-state index in [0.29, 0.717) is 77.7 Å². The SMILES string of the molecule is CCCC(=O)OC(CCCCN=C(N)N)CC(=O)NCC(=O)NCCCCN(CCCNC(=O)OC(C)(C)C)C(=O)OC(C)(C)C. The Kier molecular flexibility index (Phi) is 20.8. The molecule has 7 N–H and O–H groups in total. The van der Waals surface area contributed by atoms with E-state index in [1.165, 1.54) is 0 Å². The van der Waals surface area contributed by atoms with Gasteiger partial charge in [-0.15, -0.1) is 0 Å². The number of amides is 4. The monoisotopic (exact) mass is 657 g/mol. The third-order valence-electron chi connectivity index (χ3n) is 5.94. The fraction of sp³-hybridized carbons (Fsp3) is 0.806. The van der Waals surface area contributed by atoms with E-state index < -0.39 is 35.4 Å². The van der Waals surface area contributed by atoms with Crippen LogP contribution in [0.4, 0.5) is 9.59 Å². The van der Waals surface area contributed by atoms with Crippen molar-refractivity contribution in [1.82, 2.24) is 20.9 Å². The van der Waals surface area contributed by atoms with Crippen LogP contribution in [0.1, 0.15) is 106 Å². The molecule has 1 atom stereocenters. The molecule has 0 heterocycles. The summed E-state index contributed by atoms with van der Waals surface area (Å²) in [5, 5.41) is 8.01. The number of nitrogens with two attached hydrogens (primary N) is 2. The molecule has 15 heteroatoms. The molecular formula is C31H59N7O8. The first-order chi connectivity index (χ1) is 21.4. The van der Waals surface area contributed by atoms with Gasteiger partial charge in [0, 0.05) is 39.1 Å². The lowest BCUT2D eigenvalue weighted by molar-refractivity contribution is -0.151. The zero-order valence-electron chi connectivity index (χ0n) is 29.0. The number of hydrogen-bond donors (Lipinski definition) is 5. The van der Waals surface area contributed by atoms with Gasteiger partial charge in [-0.25, -0.2) is 9.59 Å². The highest BCUT2D eigenvalue weighted by Crippen LogP contribution is 2.13. The maximum absolute atomic E-state index is 12.7. The van der Waals surface area contributed by atoms with Gasteiger partial charge in [-0.1, -0.05) is 6.92 Å². The van der Waals surface area contributed by atoms with Gasteiger partial charge in [-0.2, -0.15) is 0 Å². The van der Waals surface area contributed by atoms with E-state index in [1.807, 2.05) is 6.92 Å². The summed E-state index contributed by atoms with van der Waals surface area (Å²) in [7, 11) is 0. The molecule has 0 aliphatic rings. The molecule has 0 spiro atoms. The number of guanidine groups is 1. The van der Waals surface area contributed by atoms with Crippen molar-refractivity contribution in [3.05, 3.63) is 0 Å². The molecule has 0 radical (unpaired) electrons. The van der Waals surface area contributed by atoms with Crippen LogP contribution >= 0.6 is 0 Å². The number of carbonyl (C=O) groups excluding carboxylic acids is 5. The number of nitrogens with zero attached hydrogens (tertiary/aromatic N) is 2. The summed E-state index contributed by atoms with van der Waals surface area (Å²) in [6.45, 7) is 14.3. The highest BCUT2D eigenvalue weighted by atomic mass is 16.6. The van der Waals surface area contributed by atoms with Crippen molar-refractivity contribution >= 4 is 35.9 Å². The molecule has 1 unspecified atom stereocenters. The first-order valence-electron chi connectivity index (χ1n) is 16.1. The minimum atomic E-state index is -0.658. The summed E-state index contributed by atoms with van der Waals surface area (Å²) in [5.41, 5.74) is 9.39. The smallest absolute Gasteiger partial charge is 0.410 e. The van der Waals surface area contributed by atoms with Gasteiger partial charge in [-0.05, 0) is 86.5 Å². The molecule has 0 aromatic rings. The van der Waals surface area contributed by atoms with Crippen LogP contribution in [0.2, 0.25) is 0 Å². The van der Waals surface area contributed by atoms with Crippen LogP contribution in [-0.4, -0.2) is 97.4 Å². The fourth-order valence-electron chi connectivity index (χ4n) is 3.91. The van der Waals surface area contributed by atoms with Crippen molar-refractivity contribution in [1.29, 1.82) is 0 Å². The largest absolute Gasteiger partial charge is 0.462 e. The first kappa shape index (κ1) is 42.2. The van der Waals surface area contributed by atoms with E-state index in [9.17, 15) is 24.0 Å². The fourth-order valence-corrected chi connectivity index (χ4v) is 3.91. The van der Waals surface area contributed by atoms with Crippen molar-refractivity contribution in [3.8, 4) is 0 Å². The lowest BCUT2D eigenvalue weighted by atomic mass is 10.1. The predicted octanol–water partition coefficient (Wildman–Crippen LogP) is 2.70. The zero-order valence-corrected chi connectivity index (χ0v) is 29.0. The number of ether oxygens (including phenoxy) is 3. The summed E-state index contributed by atoms with van der Waals surface area (Å²) < 4.78 is 16.2. The summed E-state index contributed by atoms with van der Waals surface area (Å²) in [5.74, 6) is -1.12. The Labute approximate surface area is 274 Å². The molecule has 266 valence electrons. The molecule has 0 fully saturated rings. The number of alkyl carbamates (subject to hydrolysis) is 1. The van der Waals surface area contributed by atoms with Crippen molar-refractivity contribution in [2.24, 2.45) is 16.5 Å². The van der Waals surface area contributed by atoms with Crippen LogP contribution in [-0.2, 0) is 28.6 Å². The van der Waals surface area contributed by atoms with Gasteiger partial charge >= 0.3 is 18.2 Å². The number of carbonyl (C=O) groups is 5. The van der Waals surface area contributed by atoms with Gasteiger partial charge in [0.05, 0.1) is 13.0 Å². The zero-order chi connectivity index (χ0) is 35.2. The van der Waals surface area contributed by atoms with Crippen LogP contribution in [0.15, 0.2) is 4.99 Å². The third kappa shape index (κ3) is 25.5. The number of nitrogens with one attached hydrogen (secondary N) is 3. The molecule has 0 aromatic carbocycles. The minimum Gasteiger partial charge on any atom is -0.462 e. The number of rotatable bonds is 21. The van der Waals surface area contributed by atoms with Gasteiger partial charge < -0.3 is 46.5 Å². The summed E-state index contributed by atoms with van der Waals surface area (Å²) >= 11 is 0. The molecule has 0 bridgehead atoms. The standard InChI is InChI=1S/C31H59N7O8/c1-8-14-26(41)44-23(15-9-10-17-35-27(32)33)21-24(39)37-22-25(40)34-16-11-12-19-38(29(43)46-31(5,6)7)20-13-18-36-28(42)45-30(2,3)4/h23H,8-22H2,1-7H3,(H,34,40)(H,36,42)(H,37,39)(H4,32,33,35). The lowest BCUT2D eigenvalue weighted by Crippen LogP contribution is -2.40. The quantitative estimate of drug-likeness (QED) is 0.0400. The first-order valence-corrected chi connectivity index (χ1v) is 16.1. The Morgan fingerprint density at radius 1 is 0.783 bits per heavy atom. The molecule has 46 heavy (non-hydrogen) atoms. The molecule has 0 aromatic heterocycles. The number of esters is 1. The second kappa shape index (κ2) is 22.7. The van der Waals surface area contributed by atoms with Gasteiger partial charge in [0.25, 0.3) is 0 Å². The normalized spacial score (nSPS) is 11.9. The molecule has 0 saturated heterocycles. The van der Waals surface area contributed by atoms with E-state index in [-0.39, 0.29) is 37.2 Å². The van der Waals surface area contributed by atoms with Gasteiger partial charge in [0.2, 0.25) is 11.8 Å². The van der Waals surface area contributed by atoms with Crippen LogP contribution in [0.25, 0.3) is 0 Å². The Morgan fingerprint density at radius 2 is 1.41 bits per heavy atom. The average molecular weight is 658 g/mol. The highest BCUT2D eigenvalue weighted by Gasteiger charge is 2.22. The van der Waals surface area contributed by atoms with Gasteiger partial charge in [-0.3, -0.25) is 19.4 Å². The van der Waals surface area contributed by atoms with E-state index >= 15 is 0 Å². The molecule has 0 saturated carbocycles. The Hall–Kier alpha value is -3.78. The van der Waals surface area contributed by atoms with E-state index in [4.69, 9.17) is 25.7 Å². The van der Waals surface area contributed by atoms with Crippen LogP contribution in [0.5, 0.6) is 0 Å². The maximum atomic E-state index is 12.7. The number of unbranched alkanes of at least 4 members (excludes halogenated alkanes) is 2. The predicted molar refractivity (Wildman–Crippen MR) is 176 cm³/mol. The number of hydrogen-bond acceptors (Lipinski definition) is 9. The van der Waals surface area contributed by atoms with Gasteiger partial charge in [0.15, 0.2) is 5.96 Å². The average Bonchev–Trinajstić information content (AvgIpc) is 2.90. The van der Waals surface area contributed by atoms with E-state index in [2.05, 4.69) is 20.9 Å². The van der Waals surface area contributed by atoms with Gasteiger partial charge in [0.1, 0.15) is 17.3 Å². The van der Waals surface area contributed by atoms with Crippen molar-refractivity contribution in [2.45, 2.75) is 124 Å². The topological polar surface area (TPSA) is 217 Å². The van der Waals surface area contributed by atoms with Crippen molar-refractivity contribution in [2.75, 3.05) is 39.3 Å². The Morgan fingerprint density at radius 3 is 2.02 bits per heavy atom. The third-order valence-corrected chi connectivity index (χ3v) is 5.94. The minimum absolute atomic E-state index is 0.00731. The van der Waals surface area contributed by atoms with Crippen molar-refractivity contribution in [3.63, 3.8) is 0 Å². The molecule has 0 aliphatic carbocycles. The Bertz CT molecular complexity index is 973. The maximum Gasteiger partial charge on any atom is 0.410 e. The van der Waals surface area contributed by atoms with Crippen LogP contribution in [0.3, 0.4) is 0 Å². The van der Waals surface area contributed by atoms with E-state index in [1.54, 1.807) is 46.4 Å². The summed E-state index contributed by atoms with van der Waals surface area (Å²) in [6, 6.07) is 0. The second-order valence-corrected chi connectivity index (χ2v) is 13.0. The summed E-state index contributed by atoms with van der Waals surface area (Å²) in [6.07, 6.45) is 2.74. The molecule has 0 rings (SSSR count). The molecule has 4 amide bonds. The van der Waals surface area contributed by atoms with Crippen molar-refractivity contribution < 1.29 is 38.2 Å². The molecular weight excluding hydrogens is 598 g/mol. The number of aliphatic imine (C=N–C) groups is 1. The lowest BCUT2D eigenvalue weighted by Gasteiger charge is -2.27. The molecule has 15 nitrogen and oxygen atoms in total. The van der Waals surface area contributed by atoms with Crippen LogP contribution < -0.4 is 27.4 Å². The summed E-state index contributed by atoms with van der Waals surface area (Å²) in [4.78, 5) is 66.9. The Balaban J connectivity index is 4.60. The highest BCUT2D eigenvalue weighted by molar-refractivity contribution is 5.85. The molecule has 0 aliphatic heterocycles. The van der Waals surface area contributed by atoms with E-state index in [0.717, 1.165) is 0 Å². The van der Waals surface area contributed by atoms with Crippen LogP contribution in [0, 0.1) is 0 Å². The second-order valence-electron chi connectivity index (χ2n) is 13.0.